The molecule has 13 heavy (non-hydrogen) atoms. The highest BCUT2D eigenvalue weighted by Gasteiger charge is 2.03. The molecule has 1 aromatic carbocycles. The molecular formula is C9H8ClO3. The predicted octanol–water partition coefficient (Wildman–Crippen LogP) is 1.69. The van der Waals surface area contributed by atoms with E-state index in [9.17, 15) is 4.79 Å². The topological polar surface area (TPSA) is 35.5 Å². The number of hydrogen-bond acceptors (Lipinski definition) is 3. The lowest BCUT2D eigenvalue weighted by Crippen LogP contribution is -2.12. The minimum atomic E-state index is -0.441. The van der Waals surface area contributed by atoms with E-state index in [2.05, 4.69) is 10.8 Å². The quantitative estimate of drug-likeness (QED) is 0.695. The Morgan fingerprint density at radius 3 is 3.08 bits per heavy atom. The summed E-state index contributed by atoms with van der Waals surface area (Å²) in [6.07, 6.45) is 0. The molecule has 0 heterocycles. The van der Waals surface area contributed by atoms with Gasteiger partial charge in [0.25, 0.3) is 0 Å². The van der Waals surface area contributed by atoms with Crippen molar-refractivity contribution in [2.75, 3.05) is 13.7 Å². The summed E-state index contributed by atoms with van der Waals surface area (Å²) in [6.45, 7) is -0.139. The Balaban J connectivity index is 2.54. The minimum absolute atomic E-state index is 0.139. The molecule has 1 radical (unpaired) electrons. The minimum Gasteiger partial charge on any atom is -0.480 e. The fraction of sp³-hybridized carbons (Fsp3) is 0.222. The number of carbonyl (C=O) groups excluding carboxylic acids is 1. The van der Waals surface area contributed by atoms with Crippen LogP contribution in [0.15, 0.2) is 18.2 Å². The summed E-state index contributed by atoms with van der Waals surface area (Å²) >= 11 is 5.74. The fourth-order valence-corrected chi connectivity index (χ4v) is 0.889. The van der Waals surface area contributed by atoms with E-state index >= 15 is 0 Å². The lowest BCUT2D eigenvalue weighted by Gasteiger charge is -2.05. The van der Waals surface area contributed by atoms with Gasteiger partial charge in [-0.3, -0.25) is 0 Å². The summed E-state index contributed by atoms with van der Waals surface area (Å²) in [6, 6.07) is 7.62. The van der Waals surface area contributed by atoms with Crippen LogP contribution >= 0.6 is 11.6 Å². The van der Waals surface area contributed by atoms with Crippen molar-refractivity contribution < 1.29 is 14.3 Å². The van der Waals surface area contributed by atoms with Crippen LogP contribution in [0.1, 0.15) is 0 Å². The van der Waals surface area contributed by atoms with E-state index < -0.39 is 5.97 Å². The molecule has 0 N–H and O–H groups in total. The van der Waals surface area contributed by atoms with E-state index in [0.29, 0.717) is 10.8 Å². The van der Waals surface area contributed by atoms with E-state index in [0.717, 1.165) is 0 Å². The maximum atomic E-state index is 10.7. The Labute approximate surface area is 81.2 Å². The van der Waals surface area contributed by atoms with Crippen molar-refractivity contribution in [2.45, 2.75) is 0 Å². The molecule has 0 atom stereocenters. The Morgan fingerprint density at radius 1 is 1.69 bits per heavy atom. The molecule has 1 rings (SSSR count). The molecule has 3 nitrogen and oxygen atoms in total. The van der Waals surface area contributed by atoms with Crippen LogP contribution in [0, 0.1) is 6.07 Å². The number of benzene rings is 1. The van der Waals surface area contributed by atoms with Gasteiger partial charge < -0.3 is 9.47 Å². The van der Waals surface area contributed by atoms with Gasteiger partial charge in [-0.2, -0.15) is 0 Å². The van der Waals surface area contributed by atoms with Crippen LogP contribution in [0.3, 0.4) is 0 Å². The molecule has 0 saturated heterocycles. The average Bonchev–Trinajstić information content (AvgIpc) is 2.16. The molecule has 0 aromatic heterocycles. The molecule has 0 fully saturated rings. The number of ether oxygens (including phenoxy) is 2. The van der Waals surface area contributed by atoms with E-state index in [1.807, 2.05) is 0 Å². The second-order valence-corrected chi connectivity index (χ2v) is 2.63. The summed E-state index contributed by atoms with van der Waals surface area (Å²) < 4.78 is 9.46. The van der Waals surface area contributed by atoms with Crippen LogP contribution in [-0.2, 0) is 9.53 Å². The summed E-state index contributed by atoms with van der Waals surface area (Å²) in [5.74, 6) is 0.00900. The monoisotopic (exact) mass is 199 g/mol. The molecule has 4 heteroatoms. The first-order chi connectivity index (χ1) is 6.24. The van der Waals surface area contributed by atoms with Crippen molar-refractivity contribution in [1.29, 1.82) is 0 Å². The van der Waals surface area contributed by atoms with Gasteiger partial charge in [0.1, 0.15) is 5.75 Å². The molecule has 69 valence electrons. The highest BCUT2D eigenvalue weighted by molar-refractivity contribution is 6.32. The zero-order valence-corrected chi connectivity index (χ0v) is 7.80. The standard InChI is InChI=1S/C9H8ClO3/c1-12-9(11)6-13-8-5-3-2-4-7(8)10/h3-5H,6H2,1H3. The van der Waals surface area contributed by atoms with Gasteiger partial charge in [-0.1, -0.05) is 17.7 Å². The highest BCUT2D eigenvalue weighted by Crippen LogP contribution is 2.22. The van der Waals surface area contributed by atoms with Crippen molar-refractivity contribution in [3.63, 3.8) is 0 Å². The van der Waals surface area contributed by atoms with Crippen LogP contribution in [0.5, 0.6) is 5.75 Å². The molecule has 0 saturated carbocycles. The summed E-state index contributed by atoms with van der Waals surface area (Å²) in [7, 11) is 1.30. The van der Waals surface area contributed by atoms with Gasteiger partial charge in [-0.05, 0) is 18.2 Å². The van der Waals surface area contributed by atoms with Crippen LogP contribution in [0.25, 0.3) is 0 Å². The number of halogens is 1. The molecule has 1 aromatic rings. The SMILES string of the molecule is COC(=O)COc1cc[c]cc1Cl. The van der Waals surface area contributed by atoms with Crippen molar-refractivity contribution >= 4 is 17.6 Å². The first-order valence-electron chi connectivity index (χ1n) is 3.59. The number of esters is 1. The van der Waals surface area contributed by atoms with Crippen molar-refractivity contribution in [3.05, 3.63) is 29.3 Å². The van der Waals surface area contributed by atoms with Crippen molar-refractivity contribution in [2.24, 2.45) is 0 Å². The van der Waals surface area contributed by atoms with Gasteiger partial charge in [0.15, 0.2) is 6.61 Å². The van der Waals surface area contributed by atoms with Crippen molar-refractivity contribution in [3.8, 4) is 5.75 Å². The summed E-state index contributed by atoms with van der Waals surface area (Å²) in [5, 5.41) is 0.423. The molecule has 0 amide bonds. The van der Waals surface area contributed by atoms with Crippen LogP contribution in [-0.4, -0.2) is 19.7 Å². The Hall–Kier alpha value is -1.22. The largest absolute Gasteiger partial charge is 0.480 e. The first-order valence-corrected chi connectivity index (χ1v) is 3.97. The average molecular weight is 200 g/mol. The number of methoxy groups -OCH3 is 1. The van der Waals surface area contributed by atoms with Crippen LogP contribution < -0.4 is 4.74 Å². The third-order valence-corrected chi connectivity index (χ3v) is 1.64. The maximum absolute atomic E-state index is 10.7. The summed E-state index contributed by atoms with van der Waals surface area (Å²) in [5.41, 5.74) is 0. The Bertz CT molecular complexity index is 299. The number of hydrogen-bond donors (Lipinski definition) is 0. The maximum Gasteiger partial charge on any atom is 0.343 e. The molecule has 0 aliphatic carbocycles. The van der Waals surface area contributed by atoms with Gasteiger partial charge in [0, 0.05) is 0 Å². The van der Waals surface area contributed by atoms with Gasteiger partial charge >= 0.3 is 5.97 Å². The van der Waals surface area contributed by atoms with Crippen LogP contribution in [0.4, 0.5) is 0 Å². The normalized spacial score (nSPS) is 9.38. The Morgan fingerprint density at radius 2 is 2.46 bits per heavy atom. The molecule has 0 bridgehead atoms. The zero-order chi connectivity index (χ0) is 9.68. The summed E-state index contributed by atoms with van der Waals surface area (Å²) in [4.78, 5) is 10.7. The zero-order valence-electron chi connectivity index (χ0n) is 7.04. The van der Waals surface area contributed by atoms with Gasteiger partial charge in [-0.15, -0.1) is 0 Å². The first kappa shape index (κ1) is 9.86. The van der Waals surface area contributed by atoms with E-state index in [4.69, 9.17) is 16.3 Å². The Kier molecular flexibility index (Phi) is 3.58. The predicted molar refractivity (Wildman–Crippen MR) is 47.8 cm³/mol. The molecule has 0 spiro atoms. The van der Waals surface area contributed by atoms with E-state index in [1.165, 1.54) is 7.11 Å². The third kappa shape index (κ3) is 2.95. The van der Waals surface area contributed by atoms with Gasteiger partial charge in [0.2, 0.25) is 0 Å². The second kappa shape index (κ2) is 4.72. The molecule has 0 unspecified atom stereocenters. The fourth-order valence-electron chi connectivity index (χ4n) is 0.708. The highest BCUT2D eigenvalue weighted by atomic mass is 35.5. The molecule has 0 aliphatic rings. The van der Waals surface area contributed by atoms with Gasteiger partial charge in [-0.25, -0.2) is 4.79 Å². The van der Waals surface area contributed by atoms with Crippen LogP contribution in [0.2, 0.25) is 5.02 Å². The third-order valence-electron chi connectivity index (χ3n) is 1.35. The van der Waals surface area contributed by atoms with E-state index in [-0.39, 0.29) is 6.61 Å². The lowest BCUT2D eigenvalue weighted by atomic mass is 10.3. The van der Waals surface area contributed by atoms with Gasteiger partial charge in [0.05, 0.1) is 12.1 Å². The second-order valence-electron chi connectivity index (χ2n) is 2.22. The number of rotatable bonds is 3. The molecule has 0 aliphatic heterocycles. The van der Waals surface area contributed by atoms with E-state index in [1.54, 1.807) is 18.2 Å². The molecular weight excluding hydrogens is 192 g/mol. The lowest BCUT2D eigenvalue weighted by molar-refractivity contribution is -0.142. The smallest absolute Gasteiger partial charge is 0.343 e. The number of carbonyl (C=O) groups is 1. The van der Waals surface area contributed by atoms with Crippen molar-refractivity contribution in [1.82, 2.24) is 0 Å².